The van der Waals surface area contributed by atoms with Crippen molar-refractivity contribution in [2.24, 2.45) is 4.99 Å². The number of thioether (sulfide) groups is 1. The van der Waals surface area contributed by atoms with E-state index in [4.69, 9.17) is 14.2 Å². The molecule has 4 rings (SSSR count). The van der Waals surface area contributed by atoms with E-state index in [2.05, 4.69) is 20.9 Å². The number of carbonyl (C=O) groups is 2. The van der Waals surface area contributed by atoms with Gasteiger partial charge >= 0.3 is 5.97 Å². The van der Waals surface area contributed by atoms with Crippen LogP contribution < -0.4 is 9.47 Å². The molecule has 0 aliphatic carbocycles. The molecule has 0 N–H and O–H groups in total. The first kappa shape index (κ1) is 25.5. The number of halogens is 1. The van der Waals surface area contributed by atoms with Gasteiger partial charge < -0.3 is 14.2 Å². The molecule has 7 nitrogen and oxygen atoms in total. The molecule has 184 valence electrons. The fourth-order valence-electron chi connectivity index (χ4n) is 3.34. The summed E-state index contributed by atoms with van der Waals surface area (Å²) in [6, 6.07) is 20.1. The van der Waals surface area contributed by atoms with Crippen LogP contribution in [0, 0.1) is 0 Å². The second-order valence-corrected chi connectivity index (χ2v) is 9.66. The van der Waals surface area contributed by atoms with Crippen molar-refractivity contribution >= 4 is 56.5 Å². The number of esters is 1. The molecule has 1 heterocycles. The standard InChI is InChI=1S/C27H23BrN2O5S/c1-30-25(31)24(36-27(30)29-21-11-7-19(8-12-21)26(32)34-3)15-18-6-13-22(23(14-18)33-2)35-16-17-4-9-20(28)10-5-17/h4-15H,16H2,1-3H3/b24-15-,29-27?. The van der Waals surface area contributed by atoms with Crippen molar-refractivity contribution in [1.82, 2.24) is 4.90 Å². The minimum absolute atomic E-state index is 0.153. The molecule has 0 spiro atoms. The number of rotatable bonds is 7. The van der Waals surface area contributed by atoms with Gasteiger partial charge in [-0.15, -0.1) is 0 Å². The van der Waals surface area contributed by atoms with Gasteiger partial charge in [-0.05, 0) is 77.5 Å². The quantitative estimate of drug-likeness (QED) is 0.255. The first-order chi connectivity index (χ1) is 17.4. The lowest BCUT2D eigenvalue weighted by Crippen LogP contribution is -2.23. The van der Waals surface area contributed by atoms with Crippen LogP contribution in [0.1, 0.15) is 21.5 Å². The summed E-state index contributed by atoms with van der Waals surface area (Å²) >= 11 is 4.71. The molecular formula is C27H23BrN2O5S. The number of ether oxygens (including phenoxy) is 3. The van der Waals surface area contributed by atoms with Gasteiger partial charge in [0.1, 0.15) is 6.61 Å². The maximum atomic E-state index is 12.8. The largest absolute Gasteiger partial charge is 0.493 e. The van der Waals surface area contributed by atoms with Crippen LogP contribution in [0.3, 0.4) is 0 Å². The fourth-order valence-corrected chi connectivity index (χ4v) is 4.59. The van der Waals surface area contributed by atoms with E-state index >= 15 is 0 Å². The van der Waals surface area contributed by atoms with Crippen LogP contribution in [0.2, 0.25) is 0 Å². The highest BCUT2D eigenvalue weighted by Crippen LogP contribution is 2.35. The first-order valence-corrected chi connectivity index (χ1v) is 12.5. The maximum absolute atomic E-state index is 12.8. The van der Waals surface area contributed by atoms with E-state index in [0.29, 0.717) is 39.4 Å². The van der Waals surface area contributed by atoms with Gasteiger partial charge in [0.05, 0.1) is 30.4 Å². The van der Waals surface area contributed by atoms with Crippen LogP contribution in [0.4, 0.5) is 5.69 Å². The number of amides is 1. The molecule has 3 aromatic carbocycles. The zero-order chi connectivity index (χ0) is 25.7. The Balaban J connectivity index is 1.49. The van der Waals surface area contributed by atoms with Gasteiger partial charge in [-0.25, -0.2) is 9.79 Å². The molecule has 0 radical (unpaired) electrons. The van der Waals surface area contributed by atoms with Crippen LogP contribution in [-0.4, -0.2) is 43.2 Å². The predicted molar refractivity (Wildman–Crippen MR) is 145 cm³/mol. The van der Waals surface area contributed by atoms with E-state index in [1.54, 1.807) is 44.5 Å². The Morgan fingerprint density at radius 3 is 2.42 bits per heavy atom. The summed E-state index contributed by atoms with van der Waals surface area (Å²) < 4.78 is 17.2. The maximum Gasteiger partial charge on any atom is 0.337 e. The molecule has 0 bridgehead atoms. The highest BCUT2D eigenvalue weighted by atomic mass is 79.9. The molecule has 1 fully saturated rings. The van der Waals surface area contributed by atoms with Gasteiger partial charge in [-0.3, -0.25) is 9.69 Å². The van der Waals surface area contributed by atoms with Gasteiger partial charge in [0.2, 0.25) is 0 Å². The van der Waals surface area contributed by atoms with Crippen molar-refractivity contribution in [3.05, 3.63) is 92.8 Å². The number of hydrogen-bond acceptors (Lipinski definition) is 7. The molecule has 3 aromatic rings. The first-order valence-electron chi connectivity index (χ1n) is 10.9. The number of carbonyl (C=O) groups excluding carboxylic acids is 2. The van der Waals surface area contributed by atoms with Gasteiger partial charge in [0.25, 0.3) is 5.91 Å². The molecular weight excluding hydrogens is 544 g/mol. The number of hydrogen-bond donors (Lipinski definition) is 0. The topological polar surface area (TPSA) is 77.4 Å². The molecule has 1 amide bonds. The third-order valence-corrected chi connectivity index (χ3v) is 6.90. The number of benzene rings is 3. The molecule has 9 heteroatoms. The molecule has 1 saturated heterocycles. The number of amidine groups is 1. The summed E-state index contributed by atoms with van der Waals surface area (Å²) in [5.41, 5.74) is 2.90. The predicted octanol–water partition coefficient (Wildman–Crippen LogP) is 6.06. The second-order valence-electron chi connectivity index (χ2n) is 7.73. The van der Waals surface area contributed by atoms with E-state index in [-0.39, 0.29) is 5.91 Å². The van der Waals surface area contributed by atoms with Crippen molar-refractivity contribution in [2.75, 3.05) is 21.3 Å². The highest BCUT2D eigenvalue weighted by Gasteiger charge is 2.30. The molecule has 1 aliphatic rings. The Kier molecular flexibility index (Phi) is 8.12. The zero-order valence-electron chi connectivity index (χ0n) is 19.9. The minimum atomic E-state index is -0.415. The second kappa shape index (κ2) is 11.5. The summed E-state index contributed by atoms with van der Waals surface area (Å²) in [4.78, 5) is 31.0. The summed E-state index contributed by atoms with van der Waals surface area (Å²) in [7, 11) is 4.59. The Morgan fingerprint density at radius 1 is 1.03 bits per heavy atom. The average molecular weight is 567 g/mol. The van der Waals surface area contributed by atoms with E-state index in [9.17, 15) is 9.59 Å². The van der Waals surface area contributed by atoms with E-state index in [1.807, 2.05) is 42.5 Å². The monoisotopic (exact) mass is 566 g/mol. The van der Waals surface area contributed by atoms with Crippen LogP contribution in [0.15, 0.2) is 81.1 Å². The SMILES string of the molecule is COC(=O)c1ccc(N=C2S/C(=C\c3ccc(OCc4ccc(Br)cc4)c(OC)c3)C(=O)N2C)cc1. The fraction of sp³-hybridized carbons (Fsp3) is 0.148. The van der Waals surface area contributed by atoms with E-state index in [1.165, 1.54) is 23.8 Å². The summed E-state index contributed by atoms with van der Waals surface area (Å²) in [5, 5.41) is 0.540. The average Bonchev–Trinajstić information content (AvgIpc) is 3.16. The van der Waals surface area contributed by atoms with Crippen molar-refractivity contribution in [3.63, 3.8) is 0 Å². The Labute approximate surface area is 221 Å². The molecule has 36 heavy (non-hydrogen) atoms. The van der Waals surface area contributed by atoms with Crippen LogP contribution in [-0.2, 0) is 16.1 Å². The lowest BCUT2D eigenvalue weighted by Gasteiger charge is -2.11. The summed E-state index contributed by atoms with van der Waals surface area (Å²) in [6.07, 6.45) is 1.80. The van der Waals surface area contributed by atoms with Gasteiger partial charge in [0.15, 0.2) is 16.7 Å². The van der Waals surface area contributed by atoms with Crippen molar-refractivity contribution in [3.8, 4) is 11.5 Å². The van der Waals surface area contributed by atoms with Gasteiger partial charge in [0, 0.05) is 11.5 Å². The van der Waals surface area contributed by atoms with Crippen LogP contribution in [0.5, 0.6) is 11.5 Å². The number of likely N-dealkylation sites (N-methyl/N-ethyl adjacent to an activating group) is 1. The Hall–Kier alpha value is -3.56. The van der Waals surface area contributed by atoms with Gasteiger partial charge in [-0.2, -0.15) is 0 Å². The zero-order valence-corrected chi connectivity index (χ0v) is 22.3. The third-order valence-electron chi connectivity index (χ3n) is 5.31. The lowest BCUT2D eigenvalue weighted by atomic mass is 10.2. The van der Waals surface area contributed by atoms with E-state index < -0.39 is 5.97 Å². The Morgan fingerprint density at radius 2 is 1.75 bits per heavy atom. The number of methoxy groups -OCH3 is 2. The summed E-state index contributed by atoms with van der Waals surface area (Å²) in [6.45, 7) is 0.406. The molecule has 1 aliphatic heterocycles. The van der Waals surface area contributed by atoms with Crippen molar-refractivity contribution < 1.29 is 23.8 Å². The Bertz CT molecular complexity index is 1340. The molecule has 0 saturated carbocycles. The molecule has 0 unspecified atom stereocenters. The normalized spacial score (nSPS) is 15.4. The van der Waals surface area contributed by atoms with Crippen LogP contribution in [0.25, 0.3) is 6.08 Å². The lowest BCUT2D eigenvalue weighted by molar-refractivity contribution is -0.121. The number of nitrogens with zero attached hydrogens (tertiary/aromatic N) is 2. The third kappa shape index (κ3) is 5.98. The highest BCUT2D eigenvalue weighted by molar-refractivity contribution is 9.10. The van der Waals surface area contributed by atoms with Crippen molar-refractivity contribution in [1.29, 1.82) is 0 Å². The molecule has 0 aromatic heterocycles. The summed E-state index contributed by atoms with van der Waals surface area (Å²) in [5.74, 6) is 0.620. The smallest absolute Gasteiger partial charge is 0.337 e. The molecule has 0 atom stereocenters. The van der Waals surface area contributed by atoms with E-state index in [0.717, 1.165) is 15.6 Å². The van der Waals surface area contributed by atoms with Crippen molar-refractivity contribution in [2.45, 2.75) is 6.61 Å². The van der Waals surface area contributed by atoms with Crippen LogP contribution >= 0.6 is 27.7 Å². The van der Waals surface area contributed by atoms with Gasteiger partial charge in [-0.1, -0.05) is 34.1 Å². The minimum Gasteiger partial charge on any atom is -0.493 e. The number of aliphatic imine (C=N–C) groups is 1.